The van der Waals surface area contributed by atoms with E-state index in [1.54, 1.807) is 13.4 Å². The van der Waals surface area contributed by atoms with Gasteiger partial charge in [0.05, 0.1) is 18.7 Å². The SMILES string of the molecule is CO[C@@H]1C[C@@H](c2nncn2C)N(CC(=O)NCC(C)C)C1. The average Bonchev–Trinajstić information content (AvgIpc) is 3.02. The van der Waals surface area contributed by atoms with Crippen LogP contribution in [0.1, 0.15) is 32.1 Å². The number of hydrogen-bond acceptors (Lipinski definition) is 5. The minimum atomic E-state index is 0.0487. The summed E-state index contributed by atoms with van der Waals surface area (Å²) in [4.78, 5) is 14.2. The molecule has 7 nitrogen and oxygen atoms in total. The van der Waals surface area contributed by atoms with Gasteiger partial charge in [0.2, 0.25) is 5.91 Å². The van der Waals surface area contributed by atoms with E-state index < -0.39 is 0 Å². The van der Waals surface area contributed by atoms with Crippen LogP contribution < -0.4 is 5.32 Å². The first-order valence-electron chi connectivity index (χ1n) is 7.38. The Bertz CT molecular complexity index is 474. The van der Waals surface area contributed by atoms with E-state index in [-0.39, 0.29) is 18.1 Å². The van der Waals surface area contributed by atoms with Crippen molar-refractivity contribution in [1.29, 1.82) is 0 Å². The van der Waals surface area contributed by atoms with Crippen LogP contribution in [0.15, 0.2) is 6.33 Å². The molecule has 1 fully saturated rings. The Labute approximate surface area is 125 Å². The van der Waals surface area contributed by atoms with E-state index in [1.807, 2.05) is 11.6 Å². The maximum Gasteiger partial charge on any atom is 0.234 e. The second-order valence-corrected chi connectivity index (χ2v) is 6.04. The fraction of sp³-hybridized carbons (Fsp3) is 0.786. The lowest BCUT2D eigenvalue weighted by Crippen LogP contribution is -2.39. The molecule has 0 bridgehead atoms. The van der Waals surface area contributed by atoms with Crippen molar-refractivity contribution < 1.29 is 9.53 Å². The molecule has 1 aromatic rings. The highest BCUT2D eigenvalue weighted by molar-refractivity contribution is 5.78. The van der Waals surface area contributed by atoms with Gasteiger partial charge in [-0.25, -0.2) is 0 Å². The third-order valence-electron chi connectivity index (χ3n) is 3.80. The lowest BCUT2D eigenvalue weighted by molar-refractivity contribution is -0.122. The van der Waals surface area contributed by atoms with Crippen LogP contribution in [0.3, 0.4) is 0 Å². The summed E-state index contributed by atoms with van der Waals surface area (Å²) >= 11 is 0. The van der Waals surface area contributed by atoms with Gasteiger partial charge in [-0.05, 0) is 12.3 Å². The topological polar surface area (TPSA) is 72.3 Å². The zero-order valence-electron chi connectivity index (χ0n) is 13.2. The summed E-state index contributed by atoms with van der Waals surface area (Å²) in [5.74, 6) is 1.38. The Morgan fingerprint density at radius 3 is 2.90 bits per heavy atom. The Kier molecular flexibility index (Phi) is 5.30. The van der Waals surface area contributed by atoms with Gasteiger partial charge in [-0.2, -0.15) is 0 Å². The predicted molar refractivity (Wildman–Crippen MR) is 78.6 cm³/mol. The zero-order valence-corrected chi connectivity index (χ0v) is 13.2. The number of carbonyl (C=O) groups excluding carboxylic acids is 1. The Morgan fingerprint density at radius 2 is 2.33 bits per heavy atom. The molecule has 2 atom stereocenters. The van der Waals surface area contributed by atoms with E-state index in [9.17, 15) is 4.79 Å². The number of nitrogens with zero attached hydrogens (tertiary/aromatic N) is 4. The first-order valence-corrected chi connectivity index (χ1v) is 7.38. The third kappa shape index (κ3) is 4.01. The molecule has 1 N–H and O–H groups in total. The molecule has 0 unspecified atom stereocenters. The normalized spacial score (nSPS) is 22.9. The molecular weight excluding hydrogens is 270 g/mol. The molecule has 1 aliphatic rings. The number of likely N-dealkylation sites (tertiary alicyclic amines) is 1. The molecule has 0 spiro atoms. The fourth-order valence-electron chi connectivity index (χ4n) is 2.63. The molecule has 118 valence electrons. The maximum absolute atomic E-state index is 12.1. The highest BCUT2D eigenvalue weighted by atomic mass is 16.5. The van der Waals surface area contributed by atoms with Gasteiger partial charge in [0.1, 0.15) is 12.2 Å². The van der Waals surface area contributed by atoms with Crippen LogP contribution in [0.2, 0.25) is 0 Å². The van der Waals surface area contributed by atoms with Crippen molar-refractivity contribution in [2.75, 3.05) is 26.7 Å². The van der Waals surface area contributed by atoms with Crippen molar-refractivity contribution in [3.05, 3.63) is 12.2 Å². The highest BCUT2D eigenvalue weighted by Gasteiger charge is 2.36. The second kappa shape index (κ2) is 7.00. The van der Waals surface area contributed by atoms with Gasteiger partial charge in [0.25, 0.3) is 0 Å². The van der Waals surface area contributed by atoms with Crippen molar-refractivity contribution in [1.82, 2.24) is 25.0 Å². The van der Waals surface area contributed by atoms with Gasteiger partial charge < -0.3 is 14.6 Å². The van der Waals surface area contributed by atoms with Crippen molar-refractivity contribution in [2.24, 2.45) is 13.0 Å². The van der Waals surface area contributed by atoms with Crippen LogP contribution in [-0.2, 0) is 16.6 Å². The predicted octanol–water partition coefficient (Wildman–Crippen LogP) is 0.349. The molecule has 0 saturated carbocycles. The minimum absolute atomic E-state index is 0.0487. The van der Waals surface area contributed by atoms with Crippen LogP contribution in [0.5, 0.6) is 0 Å². The number of ether oxygens (including phenoxy) is 1. The zero-order chi connectivity index (χ0) is 15.4. The molecule has 21 heavy (non-hydrogen) atoms. The number of methoxy groups -OCH3 is 1. The molecule has 2 heterocycles. The number of aromatic nitrogens is 3. The van der Waals surface area contributed by atoms with Gasteiger partial charge in [0, 0.05) is 27.2 Å². The fourth-order valence-corrected chi connectivity index (χ4v) is 2.63. The van der Waals surface area contributed by atoms with E-state index in [1.165, 1.54) is 0 Å². The summed E-state index contributed by atoms with van der Waals surface area (Å²) in [7, 11) is 3.63. The highest BCUT2D eigenvalue weighted by Crippen LogP contribution is 2.31. The number of rotatable bonds is 6. The van der Waals surface area contributed by atoms with E-state index in [4.69, 9.17) is 4.74 Å². The van der Waals surface area contributed by atoms with Gasteiger partial charge in [-0.3, -0.25) is 9.69 Å². The molecule has 0 aromatic carbocycles. The Balaban J connectivity index is 2.01. The van der Waals surface area contributed by atoms with E-state index >= 15 is 0 Å². The van der Waals surface area contributed by atoms with Crippen LogP contribution >= 0.6 is 0 Å². The molecule has 1 saturated heterocycles. The first kappa shape index (κ1) is 15.9. The van der Waals surface area contributed by atoms with Gasteiger partial charge in [-0.1, -0.05) is 13.8 Å². The molecule has 1 aliphatic heterocycles. The first-order chi connectivity index (χ1) is 10.0. The molecule has 1 aromatic heterocycles. The number of hydrogen-bond donors (Lipinski definition) is 1. The van der Waals surface area contributed by atoms with E-state index in [0.29, 0.717) is 19.0 Å². The summed E-state index contributed by atoms with van der Waals surface area (Å²) in [5, 5.41) is 11.1. The van der Waals surface area contributed by atoms with Crippen LogP contribution in [0.25, 0.3) is 0 Å². The van der Waals surface area contributed by atoms with Crippen LogP contribution in [-0.4, -0.2) is 58.4 Å². The van der Waals surface area contributed by atoms with E-state index in [2.05, 4.69) is 34.3 Å². The monoisotopic (exact) mass is 295 g/mol. The summed E-state index contributed by atoms with van der Waals surface area (Å²) in [6, 6.07) is 0.0762. The average molecular weight is 295 g/mol. The van der Waals surface area contributed by atoms with Gasteiger partial charge in [-0.15, -0.1) is 10.2 Å². The standard InChI is InChI=1S/C14H25N5O2/c1-10(2)6-15-13(20)8-19-7-11(21-4)5-12(19)14-17-16-9-18(14)3/h9-12H,5-8H2,1-4H3,(H,15,20)/t11-,12+/m1/s1. The number of carbonyl (C=O) groups is 1. The van der Waals surface area contributed by atoms with Crippen LogP contribution in [0, 0.1) is 5.92 Å². The lowest BCUT2D eigenvalue weighted by atomic mass is 10.2. The van der Waals surface area contributed by atoms with Crippen molar-refractivity contribution in [2.45, 2.75) is 32.4 Å². The van der Waals surface area contributed by atoms with Crippen molar-refractivity contribution in [3.8, 4) is 0 Å². The number of aryl methyl sites for hydroxylation is 1. The van der Waals surface area contributed by atoms with E-state index in [0.717, 1.165) is 18.8 Å². The third-order valence-corrected chi connectivity index (χ3v) is 3.80. The summed E-state index contributed by atoms with van der Waals surface area (Å²) in [6.07, 6.45) is 2.65. The van der Waals surface area contributed by atoms with Gasteiger partial charge in [0.15, 0.2) is 0 Å². The Morgan fingerprint density at radius 1 is 1.57 bits per heavy atom. The quantitative estimate of drug-likeness (QED) is 0.820. The maximum atomic E-state index is 12.1. The smallest absolute Gasteiger partial charge is 0.234 e. The van der Waals surface area contributed by atoms with Gasteiger partial charge >= 0.3 is 0 Å². The minimum Gasteiger partial charge on any atom is -0.380 e. The number of nitrogens with one attached hydrogen (secondary N) is 1. The second-order valence-electron chi connectivity index (χ2n) is 6.04. The van der Waals surface area contributed by atoms with Crippen molar-refractivity contribution >= 4 is 5.91 Å². The molecule has 0 aliphatic carbocycles. The largest absolute Gasteiger partial charge is 0.380 e. The molecular formula is C14H25N5O2. The Hall–Kier alpha value is -1.47. The molecule has 7 heteroatoms. The molecule has 2 rings (SSSR count). The van der Waals surface area contributed by atoms with Crippen LogP contribution in [0.4, 0.5) is 0 Å². The molecule has 1 amide bonds. The summed E-state index contributed by atoms with van der Waals surface area (Å²) < 4.78 is 7.36. The summed E-state index contributed by atoms with van der Waals surface area (Å²) in [6.45, 7) is 5.97. The lowest BCUT2D eigenvalue weighted by Gasteiger charge is -2.22. The number of amides is 1. The van der Waals surface area contributed by atoms with Crippen molar-refractivity contribution in [3.63, 3.8) is 0 Å². The molecule has 0 radical (unpaired) electrons. The summed E-state index contributed by atoms with van der Waals surface area (Å²) in [5.41, 5.74) is 0.